The summed E-state index contributed by atoms with van der Waals surface area (Å²) in [6.45, 7) is 5.53. The summed E-state index contributed by atoms with van der Waals surface area (Å²) in [6.07, 6.45) is 11.4. The van der Waals surface area contributed by atoms with Gasteiger partial charge in [0.05, 0.1) is 19.3 Å². The van der Waals surface area contributed by atoms with Gasteiger partial charge in [0.1, 0.15) is 12.0 Å². The van der Waals surface area contributed by atoms with Crippen LogP contribution in [-0.2, 0) is 23.9 Å². The van der Waals surface area contributed by atoms with Gasteiger partial charge in [-0.25, -0.2) is 4.79 Å². The molecule has 2 aliphatic heterocycles. The topological polar surface area (TPSA) is 102 Å². The highest BCUT2D eigenvalue weighted by molar-refractivity contribution is 6.11. The fraction of sp³-hybridized carbons (Fsp3) is 0.409. The Morgan fingerprint density at radius 3 is 2.66 bits per heavy atom. The van der Waals surface area contributed by atoms with Crippen LogP contribution in [0.2, 0.25) is 0 Å². The first-order valence-electron chi connectivity index (χ1n) is 9.38. The standard InChI is InChI=1S/C22H27NO6/c1-5-16(21(26)28-4)13-14(2)9-7-6-8-10-15(3)18(24)17-19-22(27,11-12-29-19)23-20(17)25/h5-10,13,17,19,27H,11-12H2,1-4H3,(H,23,25)/b8-6+,9-7+,14-13-,15-10+,16-5+/t17?,19-,22+/m1/s1. The highest BCUT2D eigenvalue weighted by Gasteiger charge is 2.58. The van der Waals surface area contributed by atoms with Crippen molar-refractivity contribution < 1.29 is 29.0 Å². The molecule has 2 heterocycles. The van der Waals surface area contributed by atoms with Gasteiger partial charge in [0.15, 0.2) is 11.5 Å². The van der Waals surface area contributed by atoms with E-state index >= 15 is 0 Å². The summed E-state index contributed by atoms with van der Waals surface area (Å²) in [7, 11) is 1.33. The van der Waals surface area contributed by atoms with Gasteiger partial charge in [-0.1, -0.05) is 42.0 Å². The van der Waals surface area contributed by atoms with Gasteiger partial charge >= 0.3 is 5.97 Å². The van der Waals surface area contributed by atoms with E-state index in [1.54, 1.807) is 50.3 Å². The van der Waals surface area contributed by atoms with Crippen LogP contribution in [0.25, 0.3) is 0 Å². The second kappa shape index (κ2) is 9.62. The predicted molar refractivity (Wildman–Crippen MR) is 108 cm³/mol. The van der Waals surface area contributed by atoms with Gasteiger partial charge < -0.3 is 19.9 Å². The maximum atomic E-state index is 12.6. The molecule has 0 radical (unpaired) electrons. The van der Waals surface area contributed by atoms with Gasteiger partial charge in [0.25, 0.3) is 0 Å². The van der Waals surface area contributed by atoms with Gasteiger partial charge in [-0.3, -0.25) is 9.59 Å². The second-order valence-electron chi connectivity index (χ2n) is 7.01. The quantitative estimate of drug-likeness (QED) is 0.292. The summed E-state index contributed by atoms with van der Waals surface area (Å²) in [5, 5.41) is 12.8. The number of nitrogens with one attached hydrogen (secondary N) is 1. The third-order valence-corrected chi connectivity index (χ3v) is 4.89. The number of allylic oxidation sites excluding steroid dienone is 8. The summed E-state index contributed by atoms with van der Waals surface area (Å²) in [5.74, 6) is -2.32. The van der Waals surface area contributed by atoms with E-state index in [0.29, 0.717) is 17.8 Å². The van der Waals surface area contributed by atoms with Gasteiger partial charge in [-0.2, -0.15) is 0 Å². The molecule has 0 saturated carbocycles. The minimum Gasteiger partial charge on any atom is -0.465 e. The highest BCUT2D eigenvalue weighted by Crippen LogP contribution is 2.36. The molecule has 0 aromatic rings. The maximum absolute atomic E-state index is 12.6. The molecular formula is C22H27NO6. The predicted octanol–water partition coefficient (Wildman–Crippen LogP) is 1.90. The summed E-state index contributed by atoms with van der Waals surface area (Å²) >= 11 is 0. The van der Waals surface area contributed by atoms with Crippen molar-refractivity contribution in [2.45, 2.75) is 39.0 Å². The Hall–Kier alpha value is -2.77. The molecular weight excluding hydrogens is 374 g/mol. The zero-order valence-corrected chi connectivity index (χ0v) is 17.1. The number of carbonyl (C=O) groups is 3. The smallest absolute Gasteiger partial charge is 0.337 e. The van der Waals surface area contributed by atoms with Crippen LogP contribution in [0.15, 0.2) is 59.3 Å². The van der Waals surface area contributed by atoms with Crippen LogP contribution >= 0.6 is 0 Å². The lowest BCUT2D eigenvalue weighted by Crippen LogP contribution is -2.45. The third-order valence-electron chi connectivity index (χ3n) is 4.89. The lowest BCUT2D eigenvalue weighted by Gasteiger charge is -2.21. The fourth-order valence-corrected chi connectivity index (χ4v) is 3.28. The van der Waals surface area contributed by atoms with Crippen molar-refractivity contribution >= 4 is 17.7 Å². The monoisotopic (exact) mass is 401 g/mol. The normalized spacial score (nSPS) is 28.2. The number of hydrogen-bond donors (Lipinski definition) is 2. The molecule has 1 unspecified atom stereocenters. The molecule has 2 N–H and O–H groups in total. The van der Waals surface area contributed by atoms with Crippen molar-refractivity contribution in [1.29, 1.82) is 0 Å². The highest BCUT2D eigenvalue weighted by atomic mass is 16.5. The van der Waals surface area contributed by atoms with E-state index < -0.39 is 29.6 Å². The van der Waals surface area contributed by atoms with Crippen LogP contribution in [0.1, 0.15) is 27.2 Å². The number of hydrogen-bond acceptors (Lipinski definition) is 6. The Kier molecular flexibility index (Phi) is 7.47. The zero-order valence-electron chi connectivity index (χ0n) is 17.1. The number of rotatable bonds is 7. The molecule has 7 heteroatoms. The van der Waals surface area contributed by atoms with Crippen LogP contribution in [0.4, 0.5) is 0 Å². The number of carbonyl (C=O) groups excluding carboxylic acids is 3. The van der Waals surface area contributed by atoms with E-state index in [4.69, 9.17) is 9.47 Å². The Morgan fingerprint density at radius 2 is 2.00 bits per heavy atom. The summed E-state index contributed by atoms with van der Waals surface area (Å²) < 4.78 is 10.1. The Balaban J connectivity index is 1.99. The number of methoxy groups -OCH3 is 1. The minimum atomic E-state index is -1.45. The van der Waals surface area contributed by atoms with Crippen molar-refractivity contribution in [2.24, 2.45) is 5.92 Å². The summed E-state index contributed by atoms with van der Waals surface area (Å²) in [5.41, 5.74) is 0.258. The molecule has 7 nitrogen and oxygen atoms in total. The first kappa shape index (κ1) is 22.5. The molecule has 0 aromatic heterocycles. The average Bonchev–Trinajstić information content (AvgIpc) is 3.16. The number of ketones is 1. The first-order chi connectivity index (χ1) is 13.7. The van der Waals surface area contributed by atoms with Gasteiger partial charge in [0.2, 0.25) is 5.91 Å². The van der Waals surface area contributed by atoms with E-state index in [2.05, 4.69) is 5.32 Å². The largest absolute Gasteiger partial charge is 0.465 e. The SMILES string of the molecule is C\C=C(/C=C(C)\C=C\C=C\C=C(/C)C(=O)C1C(=O)N[C@]2(O)CCO[C@H]12)C(=O)OC. The van der Waals surface area contributed by atoms with E-state index in [9.17, 15) is 19.5 Å². The molecule has 1 amide bonds. The third kappa shape index (κ3) is 5.19. The molecule has 2 saturated heterocycles. The van der Waals surface area contributed by atoms with Crippen LogP contribution < -0.4 is 5.32 Å². The zero-order chi connectivity index (χ0) is 21.6. The number of esters is 1. The van der Waals surface area contributed by atoms with Crippen LogP contribution in [0.5, 0.6) is 0 Å². The Labute approximate surface area is 170 Å². The second-order valence-corrected chi connectivity index (χ2v) is 7.01. The lowest BCUT2D eigenvalue weighted by atomic mass is 9.91. The van der Waals surface area contributed by atoms with E-state index in [1.165, 1.54) is 7.11 Å². The summed E-state index contributed by atoms with van der Waals surface area (Å²) in [4.78, 5) is 36.3. The van der Waals surface area contributed by atoms with Crippen LogP contribution in [-0.4, -0.2) is 48.3 Å². The number of fused-ring (bicyclic) bond motifs is 1. The van der Waals surface area contributed by atoms with E-state index in [-0.39, 0.29) is 12.2 Å². The minimum absolute atomic E-state index is 0.276. The molecule has 2 rings (SSSR count). The summed E-state index contributed by atoms with van der Waals surface area (Å²) in [6, 6.07) is 0. The van der Waals surface area contributed by atoms with Gasteiger partial charge in [0, 0.05) is 6.42 Å². The lowest BCUT2D eigenvalue weighted by molar-refractivity contribution is -0.136. The molecule has 2 fully saturated rings. The van der Waals surface area contributed by atoms with Gasteiger partial charge in [-0.15, -0.1) is 0 Å². The molecule has 0 spiro atoms. The molecule has 0 aliphatic carbocycles. The van der Waals surface area contributed by atoms with Crippen LogP contribution in [0.3, 0.4) is 0 Å². The number of aliphatic hydroxyl groups is 1. The van der Waals surface area contributed by atoms with E-state index in [1.807, 2.05) is 13.0 Å². The average molecular weight is 401 g/mol. The van der Waals surface area contributed by atoms with Crippen molar-refractivity contribution in [1.82, 2.24) is 5.32 Å². The fourth-order valence-electron chi connectivity index (χ4n) is 3.28. The van der Waals surface area contributed by atoms with Crippen molar-refractivity contribution in [3.63, 3.8) is 0 Å². The first-order valence-corrected chi connectivity index (χ1v) is 9.38. The van der Waals surface area contributed by atoms with Gasteiger partial charge in [-0.05, 0) is 32.4 Å². The van der Waals surface area contributed by atoms with Crippen LogP contribution in [0, 0.1) is 5.92 Å². The molecule has 2 aliphatic rings. The molecule has 0 aromatic carbocycles. The molecule has 29 heavy (non-hydrogen) atoms. The molecule has 0 bridgehead atoms. The van der Waals surface area contributed by atoms with Crippen molar-refractivity contribution in [3.05, 3.63) is 59.3 Å². The molecule has 156 valence electrons. The Morgan fingerprint density at radius 1 is 1.28 bits per heavy atom. The van der Waals surface area contributed by atoms with Crippen molar-refractivity contribution in [3.8, 4) is 0 Å². The molecule has 3 atom stereocenters. The Bertz CT molecular complexity index is 832. The maximum Gasteiger partial charge on any atom is 0.337 e. The van der Waals surface area contributed by atoms with E-state index in [0.717, 1.165) is 5.57 Å². The number of Topliss-reactive ketones (excluding diaryl/α,β-unsaturated/α-hetero) is 1. The number of ether oxygens (including phenoxy) is 2. The van der Waals surface area contributed by atoms with Crippen molar-refractivity contribution in [2.75, 3.05) is 13.7 Å². The number of amides is 1.